The van der Waals surface area contributed by atoms with Crippen LogP contribution in [0.5, 0.6) is 0 Å². The molecule has 5 heteroatoms. The molecule has 2 heterocycles. The van der Waals surface area contributed by atoms with Gasteiger partial charge in [-0.05, 0) is 24.0 Å². The van der Waals surface area contributed by atoms with Gasteiger partial charge in [-0.3, -0.25) is 4.39 Å². The lowest BCUT2D eigenvalue weighted by Crippen LogP contribution is -1.90. The number of rotatable bonds is 5. The van der Waals surface area contributed by atoms with Crippen LogP contribution < -0.4 is 0 Å². The molecule has 0 bridgehead atoms. The summed E-state index contributed by atoms with van der Waals surface area (Å²) in [7, 11) is 0. The number of thioether (sulfide) groups is 1. The first-order valence-corrected chi connectivity index (χ1v) is 9.45. The molecule has 0 saturated carbocycles. The Labute approximate surface area is 144 Å². The molecule has 0 atom stereocenters. The SMILES string of the molecule is Cc1sc2ncnc(SCCF)c2c1-c1ccc(C(C)C)cc1. The van der Waals surface area contributed by atoms with Gasteiger partial charge in [-0.25, -0.2) is 9.97 Å². The van der Waals surface area contributed by atoms with Crippen molar-refractivity contribution in [2.24, 2.45) is 0 Å². The largest absolute Gasteiger partial charge is 0.250 e. The van der Waals surface area contributed by atoms with Crippen LogP contribution in [0.25, 0.3) is 21.3 Å². The molecule has 0 saturated heterocycles. The van der Waals surface area contributed by atoms with Crippen LogP contribution in [0.3, 0.4) is 0 Å². The van der Waals surface area contributed by atoms with Crippen molar-refractivity contribution < 1.29 is 4.39 Å². The standard InChI is InChI=1S/C18H19FN2S2/c1-11(2)13-4-6-14(7-5-13)15-12(3)23-18-16(15)17(20-10-21-18)22-9-8-19/h4-7,10-11H,8-9H2,1-3H3. The normalized spacial score (nSPS) is 11.5. The maximum absolute atomic E-state index is 12.6. The molecule has 23 heavy (non-hydrogen) atoms. The summed E-state index contributed by atoms with van der Waals surface area (Å²) in [6.07, 6.45) is 1.57. The minimum Gasteiger partial charge on any atom is -0.250 e. The minimum atomic E-state index is -0.350. The second-order valence-corrected chi connectivity index (χ2v) is 7.99. The molecule has 120 valence electrons. The first-order valence-electron chi connectivity index (χ1n) is 7.65. The zero-order valence-corrected chi connectivity index (χ0v) is 15.1. The monoisotopic (exact) mass is 346 g/mol. The summed E-state index contributed by atoms with van der Waals surface area (Å²) in [6.45, 7) is 6.15. The number of thiophene rings is 1. The molecular weight excluding hydrogens is 327 g/mol. The van der Waals surface area contributed by atoms with E-state index in [-0.39, 0.29) is 6.67 Å². The molecule has 2 nitrogen and oxygen atoms in total. The Morgan fingerprint density at radius 2 is 1.91 bits per heavy atom. The van der Waals surface area contributed by atoms with Crippen LogP contribution in [-0.2, 0) is 0 Å². The fourth-order valence-corrected chi connectivity index (χ4v) is 4.46. The van der Waals surface area contributed by atoms with E-state index in [9.17, 15) is 4.39 Å². The van der Waals surface area contributed by atoms with Gasteiger partial charge in [-0.15, -0.1) is 23.1 Å². The van der Waals surface area contributed by atoms with Crippen molar-refractivity contribution in [2.75, 3.05) is 12.4 Å². The number of hydrogen-bond donors (Lipinski definition) is 0. The Morgan fingerprint density at radius 3 is 2.57 bits per heavy atom. The third-order valence-electron chi connectivity index (χ3n) is 3.81. The second kappa shape index (κ2) is 6.97. The Morgan fingerprint density at radius 1 is 1.17 bits per heavy atom. The zero-order valence-electron chi connectivity index (χ0n) is 13.5. The number of fused-ring (bicyclic) bond motifs is 1. The van der Waals surface area contributed by atoms with E-state index >= 15 is 0 Å². The number of alkyl halides is 1. The van der Waals surface area contributed by atoms with Crippen LogP contribution in [0.15, 0.2) is 35.6 Å². The number of aryl methyl sites for hydroxylation is 1. The molecular formula is C18H19FN2S2. The van der Waals surface area contributed by atoms with Crippen LogP contribution in [0.2, 0.25) is 0 Å². The smallest absolute Gasteiger partial charge is 0.128 e. The fraction of sp³-hybridized carbons (Fsp3) is 0.333. The van der Waals surface area contributed by atoms with Crippen molar-refractivity contribution in [3.05, 3.63) is 41.0 Å². The van der Waals surface area contributed by atoms with E-state index in [0.29, 0.717) is 11.7 Å². The van der Waals surface area contributed by atoms with E-state index in [4.69, 9.17) is 0 Å². The molecule has 0 fully saturated rings. The molecule has 0 spiro atoms. The molecule has 2 aromatic heterocycles. The first kappa shape index (κ1) is 16.4. The minimum absolute atomic E-state index is 0.350. The van der Waals surface area contributed by atoms with Crippen LogP contribution in [-0.4, -0.2) is 22.4 Å². The number of hydrogen-bond acceptors (Lipinski definition) is 4. The Kier molecular flexibility index (Phi) is 4.97. The second-order valence-electron chi connectivity index (χ2n) is 5.71. The van der Waals surface area contributed by atoms with E-state index in [0.717, 1.165) is 15.2 Å². The highest BCUT2D eigenvalue weighted by molar-refractivity contribution is 7.99. The highest BCUT2D eigenvalue weighted by Crippen LogP contribution is 2.41. The highest BCUT2D eigenvalue weighted by atomic mass is 32.2. The van der Waals surface area contributed by atoms with Crippen LogP contribution >= 0.6 is 23.1 Å². The number of halogens is 1. The third-order valence-corrected chi connectivity index (χ3v) is 5.77. The molecule has 0 aliphatic carbocycles. The first-order chi connectivity index (χ1) is 11.1. The van der Waals surface area contributed by atoms with Crippen molar-refractivity contribution in [2.45, 2.75) is 31.7 Å². The van der Waals surface area contributed by atoms with Crippen LogP contribution in [0.4, 0.5) is 4.39 Å². The molecule has 0 N–H and O–H groups in total. The average molecular weight is 346 g/mol. The Balaban J connectivity index is 2.14. The van der Waals surface area contributed by atoms with E-state index in [1.807, 2.05) is 0 Å². The van der Waals surface area contributed by atoms with Crippen molar-refractivity contribution in [1.29, 1.82) is 0 Å². The molecule has 0 amide bonds. The predicted molar refractivity (Wildman–Crippen MR) is 98.4 cm³/mol. The van der Waals surface area contributed by atoms with E-state index in [1.54, 1.807) is 17.7 Å². The number of aromatic nitrogens is 2. The van der Waals surface area contributed by atoms with Crippen LogP contribution in [0.1, 0.15) is 30.2 Å². The molecule has 3 aromatic rings. The topological polar surface area (TPSA) is 25.8 Å². The summed E-state index contributed by atoms with van der Waals surface area (Å²) in [5.74, 6) is 0.940. The van der Waals surface area contributed by atoms with Crippen molar-refractivity contribution in [1.82, 2.24) is 9.97 Å². The van der Waals surface area contributed by atoms with Gasteiger partial charge in [0.15, 0.2) is 0 Å². The third kappa shape index (κ3) is 3.26. The quantitative estimate of drug-likeness (QED) is 0.428. The van der Waals surface area contributed by atoms with Gasteiger partial charge in [0.2, 0.25) is 0 Å². The highest BCUT2D eigenvalue weighted by Gasteiger charge is 2.17. The van der Waals surface area contributed by atoms with Gasteiger partial charge < -0.3 is 0 Å². The molecule has 1 aromatic carbocycles. The summed E-state index contributed by atoms with van der Waals surface area (Å²) >= 11 is 3.13. The average Bonchev–Trinajstić information content (AvgIpc) is 2.89. The predicted octanol–water partition coefficient (Wildman–Crippen LogP) is 5.85. The summed E-state index contributed by atoms with van der Waals surface area (Å²) in [6, 6.07) is 8.70. The zero-order chi connectivity index (χ0) is 16.4. The van der Waals surface area contributed by atoms with Gasteiger partial charge in [0.1, 0.15) is 16.2 Å². The lowest BCUT2D eigenvalue weighted by atomic mass is 9.98. The number of nitrogens with zero attached hydrogens (tertiary/aromatic N) is 2. The van der Waals surface area contributed by atoms with E-state index in [2.05, 4.69) is 55.0 Å². The van der Waals surface area contributed by atoms with Gasteiger partial charge in [-0.1, -0.05) is 38.1 Å². The summed E-state index contributed by atoms with van der Waals surface area (Å²) < 4.78 is 12.6. The molecule has 0 aliphatic heterocycles. The molecule has 0 aliphatic rings. The maximum atomic E-state index is 12.6. The Hall–Kier alpha value is -1.46. The van der Waals surface area contributed by atoms with E-state index < -0.39 is 0 Å². The maximum Gasteiger partial charge on any atom is 0.128 e. The van der Waals surface area contributed by atoms with Gasteiger partial charge in [0.05, 0.1) is 12.1 Å². The molecule has 0 radical (unpaired) electrons. The lowest BCUT2D eigenvalue weighted by Gasteiger charge is -2.08. The number of benzene rings is 1. The van der Waals surface area contributed by atoms with Gasteiger partial charge >= 0.3 is 0 Å². The van der Waals surface area contributed by atoms with Gasteiger partial charge in [0, 0.05) is 16.2 Å². The van der Waals surface area contributed by atoms with Gasteiger partial charge in [0.25, 0.3) is 0 Å². The van der Waals surface area contributed by atoms with Crippen LogP contribution in [0, 0.1) is 6.92 Å². The lowest BCUT2D eigenvalue weighted by molar-refractivity contribution is 0.532. The van der Waals surface area contributed by atoms with Gasteiger partial charge in [-0.2, -0.15) is 0 Å². The molecule has 0 unspecified atom stereocenters. The van der Waals surface area contributed by atoms with E-state index in [1.165, 1.54) is 33.3 Å². The van der Waals surface area contributed by atoms with Crippen molar-refractivity contribution >= 4 is 33.3 Å². The fourth-order valence-electron chi connectivity index (χ4n) is 2.64. The van der Waals surface area contributed by atoms with Crippen molar-refractivity contribution in [3.8, 4) is 11.1 Å². The summed E-state index contributed by atoms with van der Waals surface area (Å²) in [4.78, 5) is 11.0. The van der Waals surface area contributed by atoms with Crippen molar-refractivity contribution in [3.63, 3.8) is 0 Å². The molecule has 3 rings (SSSR count). The Bertz CT molecular complexity index is 810. The summed E-state index contributed by atoms with van der Waals surface area (Å²) in [5.41, 5.74) is 3.69. The summed E-state index contributed by atoms with van der Waals surface area (Å²) in [5, 5.41) is 1.94.